The summed E-state index contributed by atoms with van der Waals surface area (Å²) in [7, 11) is 3.22. The molecule has 5 N–H and O–H groups in total. The molecule has 1 saturated carbocycles. The number of benzene rings is 5. The largest absolute Gasteiger partial charge is 0.481 e. The van der Waals surface area contributed by atoms with Crippen LogP contribution in [0.1, 0.15) is 102 Å². The van der Waals surface area contributed by atoms with Crippen LogP contribution in [0.25, 0.3) is 81.9 Å². The number of ether oxygens (including phenoxy) is 1. The minimum Gasteiger partial charge on any atom is -0.481 e. The fourth-order valence-corrected chi connectivity index (χ4v) is 13.9. The first-order chi connectivity index (χ1) is 54.1. The number of amides is 1. The highest BCUT2D eigenvalue weighted by Crippen LogP contribution is 2.40. The number of para-hydroxylation sites is 2. The van der Waals surface area contributed by atoms with Crippen molar-refractivity contribution in [3.8, 4) is 56.7 Å². The van der Waals surface area contributed by atoms with Crippen molar-refractivity contribution in [1.29, 1.82) is 5.26 Å². The number of fused-ring (bicyclic) bond motifs is 3. The van der Waals surface area contributed by atoms with Crippen LogP contribution >= 0.6 is 0 Å². The number of likely N-dealkylation sites (tertiary alicyclic amines) is 1. The van der Waals surface area contributed by atoms with E-state index in [9.17, 15) is 38.0 Å². The lowest BCUT2D eigenvalue weighted by molar-refractivity contribution is -0.113. The smallest absolute Gasteiger partial charge is 0.282 e. The van der Waals surface area contributed by atoms with Crippen molar-refractivity contribution >= 4 is 67.1 Å². The Morgan fingerprint density at radius 2 is 1.12 bits per heavy atom. The van der Waals surface area contributed by atoms with Crippen LogP contribution in [0.5, 0.6) is 5.88 Å². The number of nitrogens with two attached hydrogens (primary N) is 1. The first-order valence-corrected chi connectivity index (χ1v) is 35.9. The maximum absolute atomic E-state index is 14.4. The van der Waals surface area contributed by atoms with Crippen LogP contribution in [0.15, 0.2) is 232 Å². The first-order valence-electron chi connectivity index (χ1n) is 35.9. The Balaban J connectivity index is 0.000000141. The molecule has 558 valence electrons. The summed E-state index contributed by atoms with van der Waals surface area (Å²) in [5.41, 5.74) is 14.7. The number of hydrogen-bond acceptors (Lipinski definition) is 19. The number of aromatic nitrogens is 12. The predicted octanol–water partition coefficient (Wildman–Crippen LogP) is 14.4. The molecule has 16 rings (SSSR count). The van der Waals surface area contributed by atoms with E-state index >= 15 is 0 Å². The average molecular weight is 1490 g/mol. The number of alkyl halides is 2. The van der Waals surface area contributed by atoms with Crippen LogP contribution < -0.4 is 48.7 Å². The van der Waals surface area contributed by atoms with Crippen molar-refractivity contribution in [3.05, 3.63) is 306 Å². The van der Waals surface area contributed by atoms with Crippen LogP contribution in [0, 0.1) is 31.8 Å². The summed E-state index contributed by atoms with van der Waals surface area (Å²) in [6.07, 6.45) is 13.0. The fraction of sp³-hybridized carbons (Fsp3) is 0.188. The quantitative estimate of drug-likeness (QED) is 0.0616. The average Bonchev–Trinajstić information content (AvgIpc) is 1.44. The molecule has 25 nitrogen and oxygen atoms in total. The Labute approximate surface area is 639 Å². The van der Waals surface area contributed by atoms with E-state index in [1.54, 1.807) is 73.0 Å². The number of carbonyl (C=O) groups excluding carboxylic acids is 1. The minimum atomic E-state index is -2.90. The lowest BCUT2D eigenvalue weighted by atomic mass is 9.98. The molecule has 0 unspecified atom stereocenters. The Morgan fingerprint density at radius 1 is 0.598 bits per heavy atom. The Kier molecular flexibility index (Phi) is 20.8. The molecule has 14 aromatic rings. The van der Waals surface area contributed by atoms with Crippen molar-refractivity contribution in [2.24, 2.45) is 7.05 Å². The van der Waals surface area contributed by atoms with Gasteiger partial charge in [0.1, 0.15) is 46.3 Å². The molecule has 10 heterocycles. The summed E-state index contributed by atoms with van der Waals surface area (Å²) < 4.78 is 39.1. The molecule has 1 saturated heterocycles. The van der Waals surface area contributed by atoms with Crippen LogP contribution in [-0.4, -0.2) is 95.3 Å². The monoisotopic (exact) mass is 1490 g/mol. The van der Waals surface area contributed by atoms with Gasteiger partial charge < -0.3 is 40.5 Å². The Morgan fingerprint density at radius 3 is 1.68 bits per heavy atom. The van der Waals surface area contributed by atoms with E-state index in [0.717, 1.165) is 67.6 Å². The second kappa shape index (κ2) is 31.4. The summed E-state index contributed by atoms with van der Waals surface area (Å²) in [6, 6.07) is 53.1. The molecule has 2 fully saturated rings. The standard InChI is InChI=1S/C32H28F2N6O3.C29H24N6O2.C24H21N7O/c1-19(37-29-25(16-36-20(2)38-29)30(41)39-17-32(33,34)18-39)26-14-22-8-7-11-24(21-12-13-35-27(15-21)43-3)28(22)31(42)40(26)23-9-5-4-6-10-23;1-18(33-28-23(16-30)24(31)13-14-32-28)25-15-19-7-6-10-22(20-11-12-26(36)34(2)17-20)27(19)29(37)35(25)21-8-4-3-5-9-21;1-14(29-23-20(25-3)13-26-15(2)30-23)21-11-16-5-4-6-19(17-9-10-27-28-12-17)22(16)24(32)31(21)18-7-8-18/h4-16,19H,17-18H2,1-3H3,(H,36,37,38);3-15,17-18H,1-2H3,(H3,31,32,33);4-6,9-14,18H,7-8H2,1-2H3,(H,26,29,30)/t19-;18-;14-/m000/s1. The summed E-state index contributed by atoms with van der Waals surface area (Å²) in [5, 5.41) is 31.4. The van der Waals surface area contributed by atoms with E-state index in [1.807, 2.05) is 165 Å². The van der Waals surface area contributed by atoms with Gasteiger partial charge in [-0.3, -0.25) is 38.1 Å². The van der Waals surface area contributed by atoms with Gasteiger partial charge in [-0.05, 0) is 158 Å². The van der Waals surface area contributed by atoms with Crippen molar-refractivity contribution in [2.75, 3.05) is 41.9 Å². The Hall–Kier alpha value is -14.5. The number of nitriles is 1. The van der Waals surface area contributed by atoms with Gasteiger partial charge in [0.15, 0.2) is 0 Å². The highest BCUT2D eigenvalue weighted by Gasteiger charge is 2.47. The van der Waals surface area contributed by atoms with E-state index in [4.69, 9.17) is 17.0 Å². The number of halogens is 2. The number of hydrogen-bond donors (Lipinski definition) is 4. The van der Waals surface area contributed by atoms with Gasteiger partial charge in [0.05, 0.1) is 79.1 Å². The Bertz CT molecular complexity index is 6330. The van der Waals surface area contributed by atoms with E-state index in [0.29, 0.717) is 84.8 Å². The molecule has 1 aliphatic heterocycles. The molecule has 9 aromatic heterocycles. The summed E-state index contributed by atoms with van der Waals surface area (Å²) in [6.45, 7) is 15.3. The topological polar surface area (TPSA) is 311 Å². The van der Waals surface area contributed by atoms with Crippen LogP contribution in [0.2, 0.25) is 0 Å². The van der Waals surface area contributed by atoms with Gasteiger partial charge in [0.2, 0.25) is 17.1 Å². The van der Waals surface area contributed by atoms with E-state index in [-0.39, 0.29) is 51.3 Å². The second-order valence-corrected chi connectivity index (χ2v) is 27.3. The number of nitrogen functional groups attached to an aromatic ring is 1. The van der Waals surface area contributed by atoms with Gasteiger partial charge in [-0.15, -0.1) is 0 Å². The molecule has 2 aliphatic rings. The number of nitrogens with zero attached hydrogens (tertiary/aromatic N) is 15. The molecule has 1 amide bonds. The number of nitrogens with one attached hydrogen (secondary N) is 3. The van der Waals surface area contributed by atoms with E-state index < -0.39 is 37.0 Å². The third-order valence-electron chi connectivity index (χ3n) is 19.5. The lowest BCUT2D eigenvalue weighted by Gasteiger charge is -2.38. The minimum absolute atomic E-state index is 0.00895. The van der Waals surface area contributed by atoms with Gasteiger partial charge in [0, 0.05) is 90.2 Å². The number of carbonyl (C=O) groups is 1. The maximum Gasteiger partial charge on any atom is 0.282 e. The molecule has 0 spiro atoms. The van der Waals surface area contributed by atoms with Crippen LogP contribution in [0.4, 0.5) is 37.6 Å². The zero-order valence-corrected chi connectivity index (χ0v) is 61.8. The number of pyridine rings is 6. The zero-order valence-electron chi connectivity index (χ0n) is 61.8. The molecule has 5 aromatic carbocycles. The molecule has 0 bridgehead atoms. The van der Waals surface area contributed by atoms with Crippen LogP contribution in [-0.2, 0) is 7.05 Å². The molecule has 1 aliphatic carbocycles. The molecule has 112 heavy (non-hydrogen) atoms. The predicted molar refractivity (Wildman–Crippen MR) is 427 cm³/mol. The number of rotatable bonds is 17. The third-order valence-corrected chi connectivity index (χ3v) is 19.5. The summed E-state index contributed by atoms with van der Waals surface area (Å²) in [5.74, 6) is -1.05. The fourth-order valence-electron chi connectivity index (χ4n) is 13.9. The summed E-state index contributed by atoms with van der Waals surface area (Å²) >= 11 is 0. The van der Waals surface area contributed by atoms with Gasteiger partial charge in [-0.25, -0.2) is 38.5 Å². The lowest BCUT2D eigenvalue weighted by Crippen LogP contribution is -2.58. The van der Waals surface area contributed by atoms with Gasteiger partial charge in [0.25, 0.3) is 28.5 Å². The van der Waals surface area contributed by atoms with Crippen molar-refractivity contribution < 1.29 is 18.3 Å². The van der Waals surface area contributed by atoms with Crippen molar-refractivity contribution in [3.63, 3.8) is 0 Å². The summed E-state index contributed by atoms with van der Waals surface area (Å²) in [4.78, 5) is 97.6. The van der Waals surface area contributed by atoms with Gasteiger partial charge in [-0.2, -0.15) is 15.5 Å². The zero-order chi connectivity index (χ0) is 78.6. The first kappa shape index (κ1) is 74.4. The number of anilines is 4. The highest BCUT2D eigenvalue weighted by molar-refractivity contribution is 6.00. The molecular weight excluding hydrogens is 1420 g/mol. The normalized spacial score (nSPS) is 13.5. The van der Waals surface area contributed by atoms with Crippen molar-refractivity contribution in [1.82, 2.24) is 63.3 Å². The van der Waals surface area contributed by atoms with E-state index in [2.05, 4.69) is 73.0 Å². The molecule has 0 radical (unpaired) electrons. The van der Waals surface area contributed by atoms with Crippen molar-refractivity contribution in [2.45, 2.75) is 77.6 Å². The molecular formula is C85H73F2N19O6. The SMILES string of the molecule is COc1cc(-c2cccc3cc([C@H](C)Nc4nc(C)ncc4C(=O)N4CC(F)(F)C4)n(-c4ccccc4)c(=O)c23)ccn1.C[C@H](Nc1nccc(N)c1C#N)c1cc2cccc(-c3ccc(=O)n(C)c3)c2c(=O)n1-c1ccccc1.[C-]#[N+]c1cnc(C)nc1N[C@@H](C)c1cc2cccc(-c3ccnnc3)c2c(=O)n1C1CC1. The molecule has 27 heteroatoms. The third kappa shape index (κ3) is 15.1. The van der Waals surface area contributed by atoms with Gasteiger partial charge in [-0.1, -0.05) is 91.0 Å². The number of methoxy groups -OCH3 is 1. The van der Waals surface area contributed by atoms with Gasteiger partial charge >= 0.3 is 0 Å². The second-order valence-electron chi connectivity index (χ2n) is 27.3. The highest BCUT2D eigenvalue weighted by atomic mass is 19.3. The van der Waals surface area contributed by atoms with Crippen LogP contribution in [0.3, 0.4) is 0 Å². The maximum atomic E-state index is 14.4. The molecule has 3 atom stereocenters. The number of aryl methyl sites for hydroxylation is 3. The van der Waals surface area contributed by atoms with E-state index in [1.165, 1.54) is 36.3 Å².